The summed E-state index contributed by atoms with van der Waals surface area (Å²) in [6.07, 6.45) is 14.7. The molecule has 0 fully saturated rings. The molecule has 1 heterocycles. The van der Waals surface area contributed by atoms with Crippen LogP contribution in [0.5, 0.6) is 0 Å². The molecule has 9 heteroatoms. The number of hydrogen-bond donors (Lipinski definition) is 1. The van der Waals surface area contributed by atoms with Gasteiger partial charge >= 0.3 is 5.97 Å². The molecule has 1 aliphatic rings. The van der Waals surface area contributed by atoms with Crippen molar-refractivity contribution in [2.24, 2.45) is 0 Å². The lowest BCUT2D eigenvalue weighted by Crippen LogP contribution is -2.24. The predicted octanol–water partition coefficient (Wildman–Crippen LogP) is 5.72. The Balaban J connectivity index is 2.14. The lowest BCUT2D eigenvalue weighted by atomic mass is 10.0. The van der Waals surface area contributed by atoms with E-state index in [4.69, 9.17) is 33.2 Å². The number of aliphatic hydroxyl groups excluding tert-OH is 1. The van der Waals surface area contributed by atoms with Gasteiger partial charge in [0.1, 0.15) is 19.7 Å². The zero-order valence-corrected chi connectivity index (χ0v) is 26.7. The first kappa shape index (κ1) is 38.5. The van der Waals surface area contributed by atoms with Gasteiger partial charge in [0.05, 0.1) is 44.7 Å². The first-order valence-electron chi connectivity index (χ1n) is 15.9. The maximum Gasteiger partial charge on any atom is 0.334 e. The number of esters is 1. The number of carbonyl (C=O) groups excluding carboxylic acids is 1. The van der Waals surface area contributed by atoms with Gasteiger partial charge in [0.15, 0.2) is 0 Å². The number of ether oxygens (including phenoxy) is 7. The molecule has 0 aromatic carbocycles. The Kier molecular flexibility index (Phi) is 24.8. The van der Waals surface area contributed by atoms with Crippen molar-refractivity contribution in [1.82, 2.24) is 0 Å². The summed E-state index contributed by atoms with van der Waals surface area (Å²) in [5, 5.41) is 10.3. The van der Waals surface area contributed by atoms with Crippen LogP contribution in [0, 0.1) is 11.8 Å². The van der Waals surface area contributed by atoms with Gasteiger partial charge in [-0.1, -0.05) is 58.3 Å². The molecular weight excluding hydrogens is 540 g/mol. The van der Waals surface area contributed by atoms with Crippen LogP contribution in [0.25, 0.3) is 0 Å². The fraction of sp³-hybridized carbons (Fsp3) is 0.848. The lowest BCUT2D eigenvalue weighted by molar-refractivity contribution is -0.139. The highest BCUT2D eigenvalue weighted by Gasteiger charge is 2.21. The monoisotopic (exact) mass is 598 g/mol. The van der Waals surface area contributed by atoms with Crippen molar-refractivity contribution < 1.29 is 43.1 Å². The summed E-state index contributed by atoms with van der Waals surface area (Å²) in [6.45, 7) is 6.37. The average Bonchev–Trinajstić information content (AvgIpc) is 3.31. The van der Waals surface area contributed by atoms with E-state index in [-0.39, 0.29) is 37.9 Å². The summed E-state index contributed by atoms with van der Waals surface area (Å²) in [4.78, 5) is 11.6. The van der Waals surface area contributed by atoms with E-state index in [0.29, 0.717) is 39.3 Å². The molecule has 0 aliphatic carbocycles. The molecule has 0 bridgehead atoms. The SMILES string of the molecule is CCCCCC[C@@H](COCCOC[C@H](CC#CCC(O)CCCCCCCC1=C[C@H](C)OC1=O)OCOC)OCOC. The molecule has 0 aromatic rings. The maximum absolute atomic E-state index is 11.6. The molecule has 1 unspecified atom stereocenters. The summed E-state index contributed by atoms with van der Waals surface area (Å²) in [7, 11) is 3.21. The van der Waals surface area contributed by atoms with Gasteiger partial charge in [-0.3, -0.25) is 0 Å². The van der Waals surface area contributed by atoms with Crippen molar-refractivity contribution in [1.29, 1.82) is 0 Å². The summed E-state index contributed by atoms with van der Waals surface area (Å²) in [6, 6.07) is 0. The standard InChI is InChI=1S/C33H58O9/c1-5-6-7-13-19-31(40-26-36-3)24-38-21-22-39-25-32(41-27-37-4)20-15-14-18-30(34)17-12-10-8-9-11-16-29-23-28(2)42-33(29)35/h23,28,30-32,34H,5-13,16-22,24-27H2,1-4H3/t28-,30?,31-,32-/m0/s1. The lowest BCUT2D eigenvalue weighted by Gasteiger charge is -2.18. The van der Waals surface area contributed by atoms with Crippen LogP contribution in [0.3, 0.4) is 0 Å². The molecule has 0 radical (unpaired) electrons. The number of aliphatic hydroxyl groups is 1. The van der Waals surface area contributed by atoms with E-state index >= 15 is 0 Å². The molecule has 0 aromatic heterocycles. The molecular formula is C33H58O9. The Morgan fingerprint density at radius 3 is 2.10 bits per heavy atom. The Labute approximate surface area is 254 Å². The van der Waals surface area contributed by atoms with Crippen molar-refractivity contribution in [2.75, 3.05) is 54.2 Å². The first-order valence-corrected chi connectivity index (χ1v) is 15.9. The van der Waals surface area contributed by atoms with Crippen LogP contribution in [0.1, 0.15) is 104 Å². The van der Waals surface area contributed by atoms with Crippen LogP contribution in [0.15, 0.2) is 11.6 Å². The van der Waals surface area contributed by atoms with Gasteiger partial charge < -0.3 is 38.3 Å². The van der Waals surface area contributed by atoms with Gasteiger partial charge in [0.2, 0.25) is 0 Å². The quantitative estimate of drug-likeness (QED) is 0.0525. The highest BCUT2D eigenvalue weighted by atomic mass is 16.7. The number of cyclic esters (lactones) is 1. The van der Waals surface area contributed by atoms with E-state index < -0.39 is 6.10 Å². The van der Waals surface area contributed by atoms with Crippen LogP contribution in [0.4, 0.5) is 0 Å². The van der Waals surface area contributed by atoms with Crippen LogP contribution in [-0.2, 0) is 38.0 Å². The fourth-order valence-corrected chi connectivity index (χ4v) is 4.57. The Hall–Kier alpha value is -1.51. The minimum Gasteiger partial charge on any atom is -0.455 e. The number of methoxy groups -OCH3 is 2. The van der Waals surface area contributed by atoms with Crippen LogP contribution in [0.2, 0.25) is 0 Å². The van der Waals surface area contributed by atoms with Gasteiger partial charge in [-0.2, -0.15) is 0 Å². The summed E-state index contributed by atoms with van der Waals surface area (Å²) < 4.78 is 38.2. The van der Waals surface area contributed by atoms with Gasteiger partial charge in [-0.15, -0.1) is 11.8 Å². The van der Waals surface area contributed by atoms with Crippen molar-refractivity contribution in [3.63, 3.8) is 0 Å². The third-order valence-electron chi connectivity index (χ3n) is 6.97. The average molecular weight is 599 g/mol. The van der Waals surface area contributed by atoms with Gasteiger partial charge in [-0.25, -0.2) is 4.79 Å². The second kappa shape index (κ2) is 27.1. The number of carbonyl (C=O) groups is 1. The highest BCUT2D eigenvalue weighted by Crippen LogP contribution is 2.20. The third-order valence-corrected chi connectivity index (χ3v) is 6.97. The zero-order chi connectivity index (χ0) is 30.7. The summed E-state index contributed by atoms with van der Waals surface area (Å²) in [5.41, 5.74) is 0.813. The van der Waals surface area contributed by atoms with E-state index in [2.05, 4.69) is 18.8 Å². The summed E-state index contributed by atoms with van der Waals surface area (Å²) >= 11 is 0. The topological polar surface area (TPSA) is 102 Å². The third kappa shape index (κ3) is 21.2. The number of unbranched alkanes of at least 4 members (excludes halogenated alkanes) is 7. The minimum absolute atomic E-state index is 0.0302. The number of hydrogen-bond acceptors (Lipinski definition) is 9. The fourth-order valence-electron chi connectivity index (χ4n) is 4.57. The van der Waals surface area contributed by atoms with E-state index in [1.807, 2.05) is 13.0 Å². The van der Waals surface area contributed by atoms with E-state index in [9.17, 15) is 9.90 Å². The van der Waals surface area contributed by atoms with Gasteiger partial charge in [-0.05, 0) is 38.7 Å². The maximum atomic E-state index is 11.6. The predicted molar refractivity (Wildman–Crippen MR) is 163 cm³/mol. The van der Waals surface area contributed by atoms with Crippen LogP contribution >= 0.6 is 0 Å². The molecule has 0 saturated heterocycles. The Morgan fingerprint density at radius 2 is 1.43 bits per heavy atom. The molecule has 42 heavy (non-hydrogen) atoms. The number of rotatable bonds is 28. The normalized spacial score (nSPS) is 16.9. The van der Waals surface area contributed by atoms with Crippen LogP contribution < -0.4 is 0 Å². The molecule has 0 amide bonds. The van der Waals surface area contributed by atoms with Crippen molar-refractivity contribution >= 4 is 5.97 Å². The summed E-state index contributed by atoms with van der Waals surface area (Å²) in [5.74, 6) is 6.04. The van der Waals surface area contributed by atoms with E-state index in [1.54, 1.807) is 14.2 Å². The van der Waals surface area contributed by atoms with E-state index in [0.717, 1.165) is 63.4 Å². The smallest absolute Gasteiger partial charge is 0.334 e. The molecule has 0 spiro atoms. The molecule has 9 nitrogen and oxygen atoms in total. The zero-order valence-electron chi connectivity index (χ0n) is 26.7. The highest BCUT2D eigenvalue weighted by molar-refractivity contribution is 5.90. The van der Waals surface area contributed by atoms with Gasteiger partial charge in [0.25, 0.3) is 0 Å². The van der Waals surface area contributed by atoms with Crippen LogP contribution in [-0.4, -0.2) is 89.7 Å². The first-order chi connectivity index (χ1) is 20.5. The van der Waals surface area contributed by atoms with Gasteiger partial charge in [0, 0.05) is 32.6 Å². The molecule has 244 valence electrons. The van der Waals surface area contributed by atoms with Crippen molar-refractivity contribution in [3.8, 4) is 11.8 Å². The Bertz CT molecular complexity index is 746. The van der Waals surface area contributed by atoms with E-state index in [1.165, 1.54) is 19.3 Å². The molecule has 1 rings (SSSR count). The minimum atomic E-state index is -0.424. The van der Waals surface area contributed by atoms with Crippen molar-refractivity contribution in [3.05, 3.63) is 11.6 Å². The molecule has 4 atom stereocenters. The molecule has 0 saturated carbocycles. The van der Waals surface area contributed by atoms with Crippen molar-refractivity contribution in [2.45, 2.75) is 128 Å². The molecule has 1 N–H and O–H groups in total. The Morgan fingerprint density at radius 1 is 0.833 bits per heavy atom. The second-order valence-electron chi connectivity index (χ2n) is 10.9. The molecule has 1 aliphatic heterocycles. The second-order valence-corrected chi connectivity index (χ2v) is 10.9. The largest absolute Gasteiger partial charge is 0.455 e.